The van der Waals surface area contributed by atoms with Gasteiger partial charge in [0.05, 0.1) is 11.6 Å². The second-order valence-corrected chi connectivity index (χ2v) is 5.11. The van der Waals surface area contributed by atoms with Crippen LogP contribution in [0.5, 0.6) is 17.2 Å². The molecule has 100 valence electrons. The van der Waals surface area contributed by atoms with Crippen LogP contribution < -0.4 is 15.2 Å². The van der Waals surface area contributed by atoms with Crippen LogP contribution >= 0.6 is 15.9 Å². The first-order valence-corrected chi connectivity index (χ1v) is 6.76. The van der Waals surface area contributed by atoms with Crippen LogP contribution in [0.2, 0.25) is 0 Å². The Morgan fingerprint density at radius 1 is 1.11 bits per heavy atom. The number of methoxy groups -OCH3 is 1. The third-order valence-electron chi connectivity index (χ3n) is 2.75. The largest absolute Gasteiger partial charge is 0.497 e. The van der Waals surface area contributed by atoms with E-state index in [1.54, 1.807) is 7.11 Å². The molecule has 4 heteroatoms. The average Bonchev–Trinajstić information content (AvgIpc) is 2.41. The van der Waals surface area contributed by atoms with E-state index in [0.717, 1.165) is 27.3 Å². The summed E-state index contributed by atoms with van der Waals surface area (Å²) in [5.41, 5.74) is 6.91. The van der Waals surface area contributed by atoms with Crippen LogP contribution in [0.1, 0.15) is 18.5 Å². The lowest BCUT2D eigenvalue weighted by atomic mass is 10.1. The highest BCUT2D eigenvalue weighted by atomic mass is 79.9. The quantitative estimate of drug-likeness (QED) is 0.914. The van der Waals surface area contributed by atoms with E-state index in [-0.39, 0.29) is 6.04 Å². The monoisotopic (exact) mass is 321 g/mol. The van der Waals surface area contributed by atoms with Crippen LogP contribution in [0.4, 0.5) is 0 Å². The highest BCUT2D eigenvalue weighted by Crippen LogP contribution is 2.32. The maximum Gasteiger partial charge on any atom is 0.141 e. The third-order valence-corrected chi connectivity index (χ3v) is 3.37. The molecule has 2 rings (SSSR count). The smallest absolute Gasteiger partial charge is 0.141 e. The van der Waals surface area contributed by atoms with Crippen molar-refractivity contribution >= 4 is 15.9 Å². The van der Waals surface area contributed by atoms with Gasteiger partial charge in [0.1, 0.15) is 17.2 Å². The van der Waals surface area contributed by atoms with Crippen molar-refractivity contribution in [1.82, 2.24) is 0 Å². The molecule has 0 heterocycles. The first-order chi connectivity index (χ1) is 9.10. The van der Waals surface area contributed by atoms with Gasteiger partial charge in [-0.15, -0.1) is 0 Å². The summed E-state index contributed by atoms with van der Waals surface area (Å²) in [5.74, 6) is 2.24. The molecule has 3 nitrogen and oxygen atoms in total. The molecule has 0 aliphatic rings. The van der Waals surface area contributed by atoms with Crippen molar-refractivity contribution in [1.29, 1.82) is 0 Å². The Morgan fingerprint density at radius 2 is 1.84 bits per heavy atom. The zero-order chi connectivity index (χ0) is 13.8. The minimum Gasteiger partial charge on any atom is -0.497 e. The minimum atomic E-state index is 0.00201. The fraction of sp³-hybridized carbons (Fsp3) is 0.200. The van der Waals surface area contributed by atoms with Gasteiger partial charge >= 0.3 is 0 Å². The number of hydrogen-bond donors (Lipinski definition) is 1. The van der Waals surface area contributed by atoms with Gasteiger partial charge in [0.15, 0.2) is 0 Å². The molecule has 0 aliphatic heterocycles. The average molecular weight is 322 g/mol. The van der Waals surface area contributed by atoms with Gasteiger partial charge in [-0.3, -0.25) is 0 Å². The lowest BCUT2D eigenvalue weighted by molar-refractivity contribution is 0.409. The van der Waals surface area contributed by atoms with E-state index in [1.165, 1.54) is 0 Å². The molecule has 0 aliphatic carbocycles. The first kappa shape index (κ1) is 13.9. The molecule has 0 amide bonds. The molecule has 0 saturated carbocycles. The summed E-state index contributed by atoms with van der Waals surface area (Å²) < 4.78 is 11.9. The predicted octanol–water partition coefficient (Wildman–Crippen LogP) is 4.27. The van der Waals surface area contributed by atoms with Crippen molar-refractivity contribution < 1.29 is 9.47 Å². The Kier molecular flexibility index (Phi) is 4.45. The molecule has 2 aromatic rings. The fourth-order valence-electron chi connectivity index (χ4n) is 1.67. The van der Waals surface area contributed by atoms with Gasteiger partial charge < -0.3 is 15.2 Å². The normalized spacial score (nSPS) is 12.0. The standard InChI is InChI=1S/C15H16BrNO2/c1-10(17)11-6-7-15(14(16)8-11)19-13-5-3-4-12(9-13)18-2/h3-10H,17H2,1-2H3. The Labute approximate surface area is 121 Å². The summed E-state index contributed by atoms with van der Waals surface area (Å²) in [5, 5.41) is 0. The van der Waals surface area contributed by atoms with E-state index in [0.29, 0.717) is 0 Å². The molecular formula is C15H16BrNO2. The maximum atomic E-state index is 5.84. The maximum absolute atomic E-state index is 5.84. The summed E-state index contributed by atoms with van der Waals surface area (Å²) in [6.07, 6.45) is 0. The van der Waals surface area contributed by atoms with Crippen LogP contribution in [0.25, 0.3) is 0 Å². The molecule has 0 bridgehead atoms. The van der Waals surface area contributed by atoms with Crippen molar-refractivity contribution in [3.8, 4) is 17.2 Å². The SMILES string of the molecule is COc1cccc(Oc2ccc(C(C)N)cc2Br)c1. The predicted molar refractivity (Wildman–Crippen MR) is 79.8 cm³/mol. The van der Waals surface area contributed by atoms with E-state index >= 15 is 0 Å². The van der Waals surface area contributed by atoms with Crippen LogP contribution in [0, 0.1) is 0 Å². The van der Waals surface area contributed by atoms with Gasteiger partial charge in [0.25, 0.3) is 0 Å². The highest BCUT2D eigenvalue weighted by molar-refractivity contribution is 9.10. The molecule has 0 radical (unpaired) electrons. The molecule has 0 aromatic heterocycles. The van der Waals surface area contributed by atoms with Crippen molar-refractivity contribution in [2.45, 2.75) is 13.0 Å². The van der Waals surface area contributed by atoms with E-state index in [4.69, 9.17) is 15.2 Å². The lowest BCUT2D eigenvalue weighted by Crippen LogP contribution is -2.04. The van der Waals surface area contributed by atoms with Crippen LogP contribution in [-0.2, 0) is 0 Å². The number of benzene rings is 2. The lowest BCUT2D eigenvalue weighted by Gasteiger charge is -2.11. The van der Waals surface area contributed by atoms with E-state index < -0.39 is 0 Å². The molecule has 0 fully saturated rings. The van der Waals surface area contributed by atoms with Crippen LogP contribution in [-0.4, -0.2) is 7.11 Å². The van der Waals surface area contributed by atoms with Gasteiger partial charge in [-0.2, -0.15) is 0 Å². The van der Waals surface area contributed by atoms with Crippen molar-refractivity contribution in [3.63, 3.8) is 0 Å². The summed E-state index contributed by atoms with van der Waals surface area (Å²) in [6.45, 7) is 1.95. The summed E-state index contributed by atoms with van der Waals surface area (Å²) in [4.78, 5) is 0. The molecule has 2 aromatic carbocycles. The third kappa shape index (κ3) is 3.49. The number of halogens is 1. The van der Waals surface area contributed by atoms with E-state index in [1.807, 2.05) is 49.4 Å². The van der Waals surface area contributed by atoms with Gasteiger partial charge in [0, 0.05) is 12.1 Å². The summed E-state index contributed by atoms with van der Waals surface area (Å²) >= 11 is 3.50. The summed E-state index contributed by atoms with van der Waals surface area (Å²) in [7, 11) is 1.63. The van der Waals surface area contributed by atoms with Gasteiger partial charge in [-0.05, 0) is 52.7 Å². The van der Waals surface area contributed by atoms with Crippen LogP contribution in [0.15, 0.2) is 46.9 Å². The van der Waals surface area contributed by atoms with Crippen molar-refractivity contribution in [2.24, 2.45) is 5.73 Å². The number of ether oxygens (including phenoxy) is 2. The Morgan fingerprint density at radius 3 is 2.47 bits per heavy atom. The van der Waals surface area contributed by atoms with Crippen molar-refractivity contribution in [3.05, 3.63) is 52.5 Å². The molecular weight excluding hydrogens is 306 g/mol. The Bertz CT molecular complexity index is 570. The Hall–Kier alpha value is -1.52. The van der Waals surface area contributed by atoms with E-state index in [9.17, 15) is 0 Å². The first-order valence-electron chi connectivity index (χ1n) is 5.97. The van der Waals surface area contributed by atoms with Crippen LogP contribution in [0.3, 0.4) is 0 Å². The fourth-order valence-corrected chi connectivity index (χ4v) is 2.15. The van der Waals surface area contributed by atoms with Crippen molar-refractivity contribution in [2.75, 3.05) is 7.11 Å². The molecule has 1 atom stereocenters. The number of nitrogens with two attached hydrogens (primary N) is 1. The second-order valence-electron chi connectivity index (χ2n) is 4.26. The number of rotatable bonds is 4. The second kappa shape index (κ2) is 6.08. The zero-order valence-corrected chi connectivity index (χ0v) is 12.5. The number of hydrogen-bond acceptors (Lipinski definition) is 3. The molecule has 0 saturated heterocycles. The van der Waals surface area contributed by atoms with Gasteiger partial charge in [-0.1, -0.05) is 12.1 Å². The van der Waals surface area contributed by atoms with Gasteiger partial charge in [-0.25, -0.2) is 0 Å². The molecule has 19 heavy (non-hydrogen) atoms. The zero-order valence-electron chi connectivity index (χ0n) is 10.9. The molecule has 0 spiro atoms. The molecule has 2 N–H and O–H groups in total. The highest BCUT2D eigenvalue weighted by Gasteiger charge is 2.07. The molecule has 1 unspecified atom stereocenters. The Balaban J connectivity index is 2.23. The van der Waals surface area contributed by atoms with E-state index in [2.05, 4.69) is 15.9 Å². The topological polar surface area (TPSA) is 44.5 Å². The van der Waals surface area contributed by atoms with Gasteiger partial charge in [0.2, 0.25) is 0 Å². The minimum absolute atomic E-state index is 0.00201. The summed E-state index contributed by atoms with van der Waals surface area (Å²) in [6, 6.07) is 13.3.